The number of carboxylic acid groups (broad SMARTS) is 1. The van der Waals surface area contributed by atoms with Crippen molar-refractivity contribution in [1.82, 2.24) is 10.6 Å². The molecule has 0 aliphatic heterocycles. The Hall–Kier alpha value is -1.89. The number of hydrogen-bond donors (Lipinski definition) is 3. The van der Waals surface area contributed by atoms with E-state index in [0.717, 1.165) is 0 Å². The third-order valence-corrected chi connectivity index (χ3v) is 3.81. The first-order valence-electron chi connectivity index (χ1n) is 6.82. The van der Waals surface area contributed by atoms with Gasteiger partial charge in [0.1, 0.15) is 0 Å². The summed E-state index contributed by atoms with van der Waals surface area (Å²) in [6.45, 7) is 2.38. The molecule has 0 bridgehead atoms. The second-order valence-electron chi connectivity index (χ2n) is 4.71. The lowest BCUT2D eigenvalue weighted by atomic mass is 10.1. The summed E-state index contributed by atoms with van der Waals surface area (Å²) in [5.74, 6) is -1.54. The Morgan fingerprint density at radius 2 is 2.05 bits per heavy atom. The zero-order chi connectivity index (χ0) is 15.7. The first kappa shape index (κ1) is 17.2. The highest BCUT2D eigenvalue weighted by atomic mass is 32.1. The largest absolute Gasteiger partial charge is 0.481 e. The molecule has 0 saturated heterocycles. The number of carbonyl (C=O) groups excluding carboxylic acids is 2. The summed E-state index contributed by atoms with van der Waals surface area (Å²) in [6.07, 6.45) is 1.37. The van der Waals surface area contributed by atoms with E-state index in [2.05, 4.69) is 10.6 Å². The van der Waals surface area contributed by atoms with Crippen LogP contribution in [-0.2, 0) is 9.59 Å². The van der Waals surface area contributed by atoms with E-state index in [-0.39, 0.29) is 24.8 Å². The van der Waals surface area contributed by atoms with Gasteiger partial charge in [0.2, 0.25) is 5.91 Å². The van der Waals surface area contributed by atoms with Gasteiger partial charge in [-0.1, -0.05) is 13.0 Å². The van der Waals surface area contributed by atoms with Crippen LogP contribution in [0, 0.1) is 5.92 Å². The molecule has 2 amide bonds. The predicted molar refractivity (Wildman–Crippen MR) is 80.3 cm³/mol. The van der Waals surface area contributed by atoms with Crippen molar-refractivity contribution in [2.24, 2.45) is 5.92 Å². The molecule has 21 heavy (non-hydrogen) atoms. The van der Waals surface area contributed by atoms with Crippen LogP contribution in [0.25, 0.3) is 0 Å². The summed E-state index contributed by atoms with van der Waals surface area (Å²) in [5, 5.41) is 15.9. The third kappa shape index (κ3) is 6.89. The molecule has 7 heteroatoms. The van der Waals surface area contributed by atoms with E-state index in [1.54, 1.807) is 19.1 Å². The fourth-order valence-corrected chi connectivity index (χ4v) is 2.27. The quantitative estimate of drug-likeness (QED) is 0.602. The maximum atomic E-state index is 11.6. The van der Waals surface area contributed by atoms with Crippen molar-refractivity contribution < 1.29 is 19.5 Å². The Bertz CT molecular complexity index is 473. The summed E-state index contributed by atoms with van der Waals surface area (Å²) < 4.78 is 0. The molecular formula is C14H20N2O4S. The van der Waals surface area contributed by atoms with Crippen molar-refractivity contribution in [2.45, 2.75) is 26.2 Å². The molecule has 1 atom stereocenters. The van der Waals surface area contributed by atoms with Crippen LogP contribution in [0.1, 0.15) is 35.9 Å². The number of hydrogen-bond acceptors (Lipinski definition) is 4. The maximum absolute atomic E-state index is 11.6. The normalized spacial score (nSPS) is 11.7. The van der Waals surface area contributed by atoms with Gasteiger partial charge >= 0.3 is 5.97 Å². The summed E-state index contributed by atoms with van der Waals surface area (Å²) in [4.78, 5) is 34.3. The Balaban J connectivity index is 2.06. The van der Waals surface area contributed by atoms with Crippen LogP contribution in [0.15, 0.2) is 17.5 Å². The van der Waals surface area contributed by atoms with Crippen LogP contribution < -0.4 is 10.6 Å². The smallest absolute Gasteiger partial charge is 0.306 e. The van der Waals surface area contributed by atoms with Gasteiger partial charge in [0.25, 0.3) is 5.91 Å². The first-order chi connectivity index (χ1) is 10.0. The minimum Gasteiger partial charge on any atom is -0.481 e. The molecule has 1 rings (SSSR count). The number of amides is 2. The molecule has 1 unspecified atom stereocenters. The van der Waals surface area contributed by atoms with E-state index in [9.17, 15) is 14.4 Å². The van der Waals surface area contributed by atoms with Crippen LogP contribution in [0.5, 0.6) is 0 Å². The second-order valence-corrected chi connectivity index (χ2v) is 5.66. The topological polar surface area (TPSA) is 95.5 Å². The van der Waals surface area contributed by atoms with Gasteiger partial charge < -0.3 is 15.7 Å². The molecule has 0 aliphatic rings. The number of nitrogens with one attached hydrogen (secondary N) is 2. The van der Waals surface area contributed by atoms with Gasteiger partial charge in [0.15, 0.2) is 0 Å². The molecule has 116 valence electrons. The number of thiophene rings is 1. The van der Waals surface area contributed by atoms with Gasteiger partial charge in [-0.15, -0.1) is 11.3 Å². The zero-order valence-electron chi connectivity index (χ0n) is 11.9. The number of carboxylic acids is 1. The van der Waals surface area contributed by atoms with Crippen molar-refractivity contribution >= 4 is 29.1 Å². The van der Waals surface area contributed by atoms with Gasteiger partial charge in [0.05, 0.1) is 10.8 Å². The number of aliphatic carboxylic acids is 1. The van der Waals surface area contributed by atoms with Gasteiger partial charge in [-0.05, 0) is 24.3 Å². The van der Waals surface area contributed by atoms with Gasteiger partial charge in [-0.2, -0.15) is 0 Å². The number of rotatable bonds is 9. The van der Waals surface area contributed by atoms with Gasteiger partial charge in [-0.25, -0.2) is 0 Å². The van der Waals surface area contributed by atoms with Crippen LogP contribution in [0.2, 0.25) is 0 Å². The van der Waals surface area contributed by atoms with E-state index in [1.807, 2.05) is 5.38 Å². The van der Waals surface area contributed by atoms with E-state index >= 15 is 0 Å². The monoisotopic (exact) mass is 312 g/mol. The second kappa shape index (κ2) is 9.12. The lowest BCUT2D eigenvalue weighted by Gasteiger charge is -2.08. The minimum atomic E-state index is -0.822. The third-order valence-electron chi connectivity index (χ3n) is 2.94. The molecule has 6 nitrogen and oxygen atoms in total. The Morgan fingerprint density at radius 1 is 1.29 bits per heavy atom. The van der Waals surface area contributed by atoms with E-state index in [1.165, 1.54) is 11.3 Å². The highest BCUT2D eigenvalue weighted by molar-refractivity contribution is 7.12. The fourth-order valence-electron chi connectivity index (χ4n) is 1.63. The highest BCUT2D eigenvalue weighted by Gasteiger charge is 2.10. The highest BCUT2D eigenvalue weighted by Crippen LogP contribution is 2.07. The minimum absolute atomic E-state index is 0.149. The Morgan fingerprint density at radius 3 is 2.67 bits per heavy atom. The molecule has 1 aromatic rings. The molecular weight excluding hydrogens is 292 g/mol. The van der Waals surface area contributed by atoms with Crippen LogP contribution in [-0.4, -0.2) is 36.0 Å². The molecule has 1 heterocycles. The molecule has 1 aromatic heterocycles. The van der Waals surface area contributed by atoms with Gasteiger partial charge in [0, 0.05) is 19.5 Å². The van der Waals surface area contributed by atoms with Crippen LogP contribution in [0.4, 0.5) is 0 Å². The van der Waals surface area contributed by atoms with E-state index in [0.29, 0.717) is 24.3 Å². The standard InChI is InChI=1S/C14H20N2O4S/c1-10(14(19)20)4-2-7-15-12(17)6-8-16-13(18)11-5-3-9-21-11/h3,5,9-10H,2,4,6-8H2,1H3,(H,15,17)(H,16,18)(H,19,20). The SMILES string of the molecule is CC(CCCNC(=O)CCNC(=O)c1cccs1)C(=O)O. The summed E-state index contributed by atoms with van der Waals surface area (Å²) in [7, 11) is 0. The predicted octanol–water partition coefficient (Wildman–Crippen LogP) is 1.49. The summed E-state index contributed by atoms with van der Waals surface area (Å²) in [6, 6.07) is 3.52. The average molecular weight is 312 g/mol. The Labute approximate surface area is 127 Å². The van der Waals surface area contributed by atoms with Crippen molar-refractivity contribution in [3.8, 4) is 0 Å². The molecule has 0 aromatic carbocycles. The molecule has 0 spiro atoms. The molecule has 0 radical (unpaired) electrons. The molecule has 0 aliphatic carbocycles. The molecule has 0 fully saturated rings. The lowest BCUT2D eigenvalue weighted by Crippen LogP contribution is -2.31. The molecule has 3 N–H and O–H groups in total. The van der Waals surface area contributed by atoms with Crippen molar-refractivity contribution in [2.75, 3.05) is 13.1 Å². The van der Waals surface area contributed by atoms with E-state index in [4.69, 9.17) is 5.11 Å². The van der Waals surface area contributed by atoms with Crippen molar-refractivity contribution in [3.63, 3.8) is 0 Å². The van der Waals surface area contributed by atoms with Crippen LogP contribution >= 0.6 is 11.3 Å². The van der Waals surface area contributed by atoms with Gasteiger partial charge in [-0.3, -0.25) is 14.4 Å². The maximum Gasteiger partial charge on any atom is 0.306 e. The Kier molecular flexibility index (Phi) is 7.45. The zero-order valence-corrected chi connectivity index (χ0v) is 12.7. The summed E-state index contributed by atoms with van der Waals surface area (Å²) >= 11 is 1.35. The first-order valence-corrected chi connectivity index (χ1v) is 7.70. The van der Waals surface area contributed by atoms with E-state index < -0.39 is 11.9 Å². The average Bonchev–Trinajstić information content (AvgIpc) is 2.97. The number of carbonyl (C=O) groups is 3. The van der Waals surface area contributed by atoms with Crippen molar-refractivity contribution in [1.29, 1.82) is 0 Å². The molecule has 0 saturated carbocycles. The lowest BCUT2D eigenvalue weighted by molar-refractivity contribution is -0.141. The van der Waals surface area contributed by atoms with Crippen molar-refractivity contribution in [3.05, 3.63) is 22.4 Å². The summed E-state index contributed by atoms with van der Waals surface area (Å²) in [5.41, 5.74) is 0. The van der Waals surface area contributed by atoms with Crippen LogP contribution in [0.3, 0.4) is 0 Å². The fraction of sp³-hybridized carbons (Fsp3) is 0.500.